The third-order valence-electron chi connectivity index (χ3n) is 3.98. The molecule has 0 aliphatic rings. The van der Waals surface area contributed by atoms with Crippen LogP contribution < -0.4 is 15.5 Å². The van der Waals surface area contributed by atoms with E-state index >= 15 is 0 Å². The molecule has 5 nitrogen and oxygen atoms in total. The number of pyridine rings is 1. The molecule has 0 bridgehead atoms. The van der Waals surface area contributed by atoms with Crippen LogP contribution in [0, 0.1) is 0 Å². The second kappa shape index (κ2) is 11.8. The molecule has 160 valence electrons. The van der Waals surface area contributed by atoms with Crippen molar-refractivity contribution in [1.82, 2.24) is 15.6 Å². The molecular weight excluding hydrogens is 494 g/mol. The highest BCUT2D eigenvalue weighted by molar-refractivity contribution is 14.0. The largest absolute Gasteiger partial charge is 0.416 e. The van der Waals surface area contributed by atoms with Crippen molar-refractivity contribution in [3.8, 4) is 0 Å². The Bertz CT molecular complexity index is 776. The van der Waals surface area contributed by atoms with E-state index < -0.39 is 11.7 Å². The summed E-state index contributed by atoms with van der Waals surface area (Å²) in [6, 6.07) is 11.0. The monoisotopic (exact) mass is 521 g/mol. The molecule has 0 spiro atoms. The standard InChI is InChI=1S/C20H26F3N5.HI/c1-4-24-19(26-14-17-6-5-7-18(27-17)28(2)3)25-13-12-15-8-10-16(11-9-15)20(21,22)23;/h5-11H,4,12-14H2,1-3H3,(H2,24,25,26);1H. The minimum atomic E-state index is -4.31. The van der Waals surface area contributed by atoms with E-state index in [9.17, 15) is 13.2 Å². The number of guanidine groups is 1. The van der Waals surface area contributed by atoms with Gasteiger partial charge in [-0.25, -0.2) is 9.98 Å². The van der Waals surface area contributed by atoms with Gasteiger partial charge in [-0.05, 0) is 43.2 Å². The number of alkyl halides is 3. The molecule has 0 aliphatic heterocycles. The van der Waals surface area contributed by atoms with Gasteiger partial charge in [0.2, 0.25) is 0 Å². The lowest BCUT2D eigenvalue weighted by atomic mass is 10.1. The van der Waals surface area contributed by atoms with E-state index in [1.807, 2.05) is 44.1 Å². The number of nitrogens with one attached hydrogen (secondary N) is 2. The first-order valence-electron chi connectivity index (χ1n) is 9.11. The Balaban J connectivity index is 0.00000420. The van der Waals surface area contributed by atoms with E-state index in [1.54, 1.807) is 0 Å². The molecule has 2 rings (SSSR count). The van der Waals surface area contributed by atoms with Gasteiger partial charge in [0.05, 0.1) is 17.8 Å². The molecule has 1 aromatic carbocycles. The molecule has 2 N–H and O–H groups in total. The van der Waals surface area contributed by atoms with Gasteiger partial charge < -0.3 is 15.5 Å². The van der Waals surface area contributed by atoms with Crippen LogP contribution in [0.4, 0.5) is 19.0 Å². The summed E-state index contributed by atoms with van der Waals surface area (Å²) in [5.74, 6) is 1.51. The highest BCUT2D eigenvalue weighted by Crippen LogP contribution is 2.29. The number of halogens is 4. The maximum atomic E-state index is 12.6. The molecule has 0 saturated carbocycles. The maximum absolute atomic E-state index is 12.6. The fourth-order valence-corrected chi connectivity index (χ4v) is 2.49. The Kier molecular flexibility index (Phi) is 10.2. The first-order valence-corrected chi connectivity index (χ1v) is 9.11. The average Bonchev–Trinajstić information content (AvgIpc) is 2.66. The molecule has 0 aliphatic carbocycles. The summed E-state index contributed by atoms with van der Waals surface area (Å²) < 4.78 is 37.8. The smallest absolute Gasteiger partial charge is 0.363 e. The molecule has 2 aromatic rings. The van der Waals surface area contributed by atoms with Crippen molar-refractivity contribution in [2.24, 2.45) is 4.99 Å². The van der Waals surface area contributed by atoms with E-state index in [-0.39, 0.29) is 24.0 Å². The van der Waals surface area contributed by atoms with E-state index in [1.165, 1.54) is 12.1 Å². The molecule has 0 saturated heterocycles. The molecular formula is C20H27F3IN5. The highest BCUT2D eigenvalue weighted by Gasteiger charge is 2.29. The van der Waals surface area contributed by atoms with Gasteiger partial charge in [0.15, 0.2) is 5.96 Å². The number of nitrogens with zero attached hydrogens (tertiary/aromatic N) is 3. The van der Waals surface area contributed by atoms with Crippen molar-refractivity contribution in [2.45, 2.75) is 26.1 Å². The molecule has 9 heteroatoms. The summed E-state index contributed by atoms with van der Waals surface area (Å²) in [7, 11) is 3.87. The van der Waals surface area contributed by atoms with E-state index in [0.29, 0.717) is 32.0 Å². The van der Waals surface area contributed by atoms with Gasteiger partial charge in [-0.15, -0.1) is 24.0 Å². The fraction of sp³-hybridized carbons (Fsp3) is 0.400. The third kappa shape index (κ3) is 8.46. The topological polar surface area (TPSA) is 52.6 Å². The zero-order valence-electron chi connectivity index (χ0n) is 16.8. The molecule has 0 radical (unpaired) electrons. The molecule has 0 atom stereocenters. The van der Waals surface area contributed by atoms with Crippen molar-refractivity contribution in [3.05, 3.63) is 59.3 Å². The van der Waals surface area contributed by atoms with Crippen LogP contribution in [0.3, 0.4) is 0 Å². The minimum absolute atomic E-state index is 0. The molecule has 29 heavy (non-hydrogen) atoms. The molecule has 0 amide bonds. The fourth-order valence-electron chi connectivity index (χ4n) is 2.49. The van der Waals surface area contributed by atoms with E-state index in [2.05, 4.69) is 20.6 Å². The predicted molar refractivity (Wildman–Crippen MR) is 122 cm³/mol. The Morgan fingerprint density at radius 2 is 1.76 bits per heavy atom. The summed E-state index contributed by atoms with van der Waals surface area (Å²) in [5, 5.41) is 6.36. The first-order chi connectivity index (χ1) is 13.3. The minimum Gasteiger partial charge on any atom is -0.363 e. The van der Waals surface area contributed by atoms with Crippen LogP contribution in [0.15, 0.2) is 47.5 Å². The molecule has 0 unspecified atom stereocenters. The van der Waals surface area contributed by atoms with Crippen molar-refractivity contribution < 1.29 is 13.2 Å². The van der Waals surface area contributed by atoms with Gasteiger partial charge in [0.25, 0.3) is 0 Å². The number of anilines is 1. The van der Waals surface area contributed by atoms with E-state index in [4.69, 9.17) is 0 Å². The summed E-state index contributed by atoms with van der Waals surface area (Å²) in [6.45, 7) is 3.66. The zero-order valence-corrected chi connectivity index (χ0v) is 19.1. The quantitative estimate of drug-likeness (QED) is 0.328. The Morgan fingerprint density at radius 1 is 1.07 bits per heavy atom. The summed E-state index contributed by atoms with van der Waals surface area (Å²) in [6.07, 6.45) is -3.71. The average molecular weight is 521 g/mol. The lowest BCUT2D eigenvalue weighted by molar-refractivity contribution is -0.137. The van der Waals surface area contributed by atoms with Crippen LogP contribution in [0.5, 0.6) is 0 Å². The van der Waals surface area contributed by atoms with Gasteiger partial charge in [-0.3, -0.25) is 0 Å². The SMILES string of the molecule is CCNC(=NCc1cccc(N(C)C)n1)NCCc1ccc(C(F)(F)F)cc1.I. The number of aromatic nitrogens is 1. The van der Waals surface area contributed by atoms with Crippen molar-refractivity contribution in [3.63, 3.8) is 0 Å². The van der Waals surface area contributed by atoms with Crippen LogP contribution in [0.1, 0.15) is 23.7 Å². The van der Waals surface area contributed by atoms with Gasteiger partial charge in [0.1, 0.15) is 5.82 Å². The third-order valence-corrected chi connectivity index (χ3v) is 3.98. The number of rotatable bonds is 7. The van der Waals surface area contributed by atoms with Gasteiger partial charge in [-0.1, -0.05) is 18.2 Å². The van der Waals surface area contributed by atoms with Crippen molar-refractivity contribution >= 4 is 35.8 Å². The van der Waals surface area contributed by atoms with Crippen LogP contribution in [-0.2, 0) is 19.1 Å². The van der Waals surface area contributed by atoms with Crippen molar-refractivity contribution in [1.29, 1.82) is 0 Å². The molecule has 0 fully saturated rings. The Hall–Kier alpha value is -2.04. The van der Waals surface area contributed by atoms with E-state index in [0.717, 1.165) is 29.2 Å². The van der Waals surface area contributed by atoms with Gasteiger partial charge in [-0.2, -0.15) is 13.2 Å². The number of aliphatic imine (C=N–C) groups is 1. The summed E-state index contributed by atoms with van der Waals surface area (Å²) in [4.78, 5) is 11.0. The second-order valence-electron chi connectivity index (χ2n) is 6.45. The Labute approximate surface area is 186 Å². The number of benzene rings is 1. The van der Waals surface area contributed by atoms with Crippen molar-refractivity contribution in [2.75, 3.05) is 32.1 Å². The van der Waals surface area contributed by atoms with Crippen LogP contribution in [0.25, 0.3) is 0 Å². The first kappa shape index (κ1) is 25.0. The zero-order chi connectivity index (χ0) is 20.6. The van der Waals surface area contributed by atoms with Gasteiger partial charge in [0, 0.05) is 27.2 Å². The normalized spacial score (nSPS) is 11.6. The second-order valence-corrected chi connectivity index (χ2v) is 6.45. The summed E-state index contributed by atoms with van der Waals surface area (Å²) >= 11 is 0. The summed E-state index contributed by atoms with van der Waals surface area (Å²) in [5.41, 5.74) is 1.05. The van der Waals surface area contributed by atoms with Crippen LogP contribution in [0.2, 0.25) is 0 Å². The number of hydrogen-bond donors (Lipinski definition) is 2. The highest BCUT2D eigenvalue weighted by atomic mass is 127. The lowest BCUT2D eigenvalue weighted by Crippen LogP contribution is -2.38. The van der Waals surface area contributed by atoms with Crippen LogP contribution >= 0.6 is 24.0 Å². The predicted octanol–water partition coefficient (Wildman–Crippen LogP) is 4.08. The lowest BCUT2D eigenvalue weighted by Gasteiger charge is -2.13. The van der Waals surface area contributed by atoms with Crippen LogP contribution in [-0.4, -0.2) is 38.1 Å². The maximum Gasteiger partial charge on any atom is 0.416 e. The Morgan fingerprint density at radius 3 is 2.34 bits per heavy atom. The number of hydrogen-bond acceptors (Lipinski definition) is 3. The van der Waals surface area contributed by atoms with Gasteiger partial charge >= 0.3 is 6.18 Å². The molecule has 1 heterocycles. The molecule has 1 aromatic heterocycles.